The average molecular weight is 344 g/mol. The first-order valence-corrected chi connectivity index (χ1v) is 8.71. The van der Waals surface area contributed by atoms with E-state index in [-0.39, 0.29) is 12.4 Å². The van der Waals surface area contributed by atoms with Crippen LogP contribution in [0.3, 0.4) is 0 Å². The van der Waals surface area contributed by atoms with Crippen molar-refractivity contribution in [2.45, 2.75) is 13.0 Å². The fourth-order valence-electron chi connectivity index (χ4n) is 3.16. The topological polar surface area (TPSA) is 35.9 Å². The van der Waals surface area contributed by atoms with E-state index in [1.54, 1.807) is 12.1 Å². The van der Waals surface area contributed by atoms with Crippen molar-refractivity contribution in [1.29, 1.82) is 0 Å². The number of ether oxygens (including phenoxy) is 1. The van der Waals surface area contributed by atoms with Gasteiger partial charge in [-0.2, -0.15) is 0 Å². The van der Waals surface area contributed by atoms with Crippen LogP contribution >= 0.6 is 0 Å². The summed E-state index contributed by atoms with van der Waals surface area (Å²) in [6, 6.07) is 14.3. The van der Waals surface area contributed by atoms with Crippen molar-refractivity contribution < 1.29 is 14.2 Å². The number of aliphatic hydroxyl groups is 1. The lowest BCUT2D eigenvalue weighted by Crippen LogP contribution is -2.49. The number of para-hydroxylation sites is 1. The number of β-amino-alcohol motifs (C(OH)–C–C–N with tert-alkyl or cyclic N) is 1. The molecular formula is C20H25FN2O2. The zero-order valence-corrected chi connectivity index (χ0v) is 14.6. The molecule has 1 saturated heterocycles. The maximum absolute atomic E-state index is 12.9. The van der Waals surface area contributed by atoms with E-state index in [0.717, 1.165) is 26.2 Å². The van der Waals surface area contributed by atoms with Crippen molar-refractivity contribution in [3.8, 4) is 5.75 Å². The number of hydrogen-bond donors (Lipinski definition) is 1. The second-order valence-electron chi connectivity index (χ2n) is 6.49. The van der Waals surface area contributed by atoms with Crippen LogP contribution in [-0.2, 0) is 0 Å². The van der Waals surface area contributed by atoms with Crippen LogP contribution in [0.2, 0.25) is 0 Å². The fraction of sp³-hybridized carbons (Fsp3) is 0.400. The molecule has 1 N–H and O–H groups in total. The molecule has 0 radical (unpaired) electrons. The van der Waals surface area contributed by atoms with E-state index in [9.17, 15) is 9.50 Å². The lowest BCUT2D eigenvalue weighted by molar-refractivity contribution is 0.0663. The zero-order valence-electron chi connectivity index (χ0n) is 14.6. The minimum Gasteiger partial charge on any atom is -0.491 e. The van der Waals surface area contributed by atoms with Gasteiger partial charge in [0.25, 0.3) is 0 Å². The smallest absolute Gasteiger partial charge is 0.123 e. The lowest BCUT2D eigenvalue weighted by atomic mass is 10.1. The van der Waals surface area contributed by atoms with Gasteiger partial charge in [-0.1, -0.05) is 18.2 Å². The minimum absolute atomic E-state index is 0.212. The number of halogens is 1. The number of nitrogens with zero attached hydrogens (tertiary/aromatic N) is 2. The van der Waals surface area contributed by atoms with Crippen molar-refractivity contribution >= 4 is 5.69 Å². The number of benzene rings is 2. The van der Waals surface area contributed by atoms with Gasteiger partial charge in [-0.3, -0.25) is 4.90 Å². The molecule has 1 atom stereocenters. The summed E-state index contributed by atoms with van der Waals surface area (Å²) in [5, 5.41) is 10.2. The molecule has 4 nitrogen and oxygen atoms in total. The molecule has 5 heteroatoms. The third-order valence-electron chi connectivity index (χ3n) is 4.55. The largest absolute Gasteiger partial charge is 0.491 e. The van der Waals surface area contributed by atoms with Crippen molar-refractivity contribution in [1.82, 2.24) is 4.90 Å². The standard InChI is InChI=1S/C20H25FN2O2/c1-16-4-2-3-5-20(16)23-12-10-22(11-13-23)14-18(24)15-25-19-8-6-17(21)7-9-19/h2-9,18,24H,10-15H2,1H3. The molecule has 0 aromatic heterocycles. The Labute approximate surface area is 148 Å². The predicted octanol–water partition coefficient (Wildman–Crippen LogP) is 2.70. The molecular weight excluding hydrogens is 319 g/mol. The highest BCUT2D eigenvalue weighted by atomic mass is 19.1. The van der Waals surface area contributed by atoms with Gasteiger partial charge < -0.3 is 14.7 Å². The van der Waals surface area contributed by atoms with Gasteiger partial charge in [-0.25, -0.2) is 4.39 Å². The SMILES string of the molecule is Cc1ccccc1N1CCN(CC(O)COc2ccc(F)cc2)CC1. The first-order chi connectivity index (χ1) is 12.1. The predicted molar refractivity (Wildman–Crippen MR) is 97.7 cm³/mol. The van der Waals surface area contributed by atoms with Crippen LogP contribution in [-0.4, -0.2) is 55.4 Å². The number of rotatable bonds is 6. The number of anilines is 1. The van der Waals surface area contributed by atoms with Gasteiger partial charge in [-0.05, 0) is 42.8 Å². The Hall–Kier alpha value is -2.11. The summed E-state index contributed by atoms with van der Waals surface area (Å²) in [5.41, 5.74) is 2.59. The molecule has 1 aliphatic heterocycles. The third kappa shape index (κ3) is 4.94. The van der Waals surface area contributed by atoms with Crippen LogP contribution in [0.4, 0.5) is 10.1 Å². The van der Waals surface area contributed by atoms with E-state index in [2.05, 4.69) is 41.0 Å². The average Bonchev–Trinajstić information content (AvgIpc) is 2.62. The number of hydrogen-bond acceptors (Lipinski definition) is 4. The maximum Gasteiger partial charge on any atom is 0.123 e. The molecule has 0 bridgehead atoms. The zero-order chi connectivity index (χ0) is 17.6. The van der Waals surface area contributed by atoms with E-state index >= 15 is 0 Å². The summed E-state index contributed by atoms with van der Waals surface area (Å²) in [5.74, 6) is 0.282. The summed E-state index contributed by atoms with van der Waals surface area (Å²) in [6.07, 6.45) is -0.560. The Balaban J connectivity index is 1.42. The van der Waals surface area contributed by atoms with Gasteiger partial charge >= 0.3 is 0 Å². The fourth-order valence-corrected chi connectivity index (χ4v) is 3.16. The van der Waals surface area contributed by atoms with Crippen LogP contribution in [0.1, 0.15) is 5.56 Å². The Morgan fingerprint density at radius 1 is 1.04 bits per heavy atom. The summed E-state index contributed by atoms with van der Waals surface area (Å²) in [4.78, 5) is 4.65. The maximum atomic E-state index is 12.9. The molecule has 0 aliphatic carbocycles. The Morgan fingerprint density at radius 3 is 2.40 bits per heavy atom. The number of aliphatic hydroxyl groups excluding tert-OH is 1. The van der Waals surface area contributed by atoms with E-state index in [0.29, 0.717) is 12.3 Å². The van der Waals surface area contributed by atoms with Gasteiger partial charge in [0.05, 0.1) is 0 Å². The van der Waals surface area contributed by atoms with Crippen LogP contribution in [0.5, 0.6) is 5.75 Å². The van der Waals surface area contributed by atoms with Crippen LogP contribution in [0.15, 0.2) is 48.5 Å². The summed E-state index contributed by atoms with van der Waals surface area (Å²) in [7, 11) is 0. The third-order valence-corrected chi connectivity index (χ3v) is 4.55. The molecule has 25 heavy (non-hydrogen) atoms. The molecule has 0 amide bonds. The molecule has 1 unspecified atom stereocenters. The highest BCUT2D eigenvalue weighted by Gasteiger charge is 2.20. The van der Waals surface area contributed by atoms with Gasteiger partial charge in [0.15, 0.2) is 0 Å². The van der Waals surface area contributed by atoms with Crippen molar-refractivity contribution in [3.63, 3.8) is 0 Å². The first-order valence-electron chi connectivity index (χ1n) is 8.71. The van der Waals surface area contributed by atoms with E-state index in [4.69, 9.17) is 4.74 Å². The summed E-state index contributed by atoms with van der Waals surface area (Å²) in [6.45, 7) is 6.68. The molecule has 1 fully saturated rings. The van der Waals surface area contributed by atoms with Crippen molar-refractivity contribution in [2.24, 2.45) is 0 Å². The molecule has 1 heterocycles. The molecule has 2 aromatic rings. The minimum atomic E-state index is -0.560. The molecule has 0 spiro atoms. The molecule has 134 valence electrons. The first kappa shape index (κ1) is 17.7. The molecule has 2 aromatic carbocycles. The highest BCUT2D eigenvalue weighted by Crippen LogP contribution is 2.20. The lowest BCUT2D eigenvalue weighted by Gasteiger charge is -2.37. The summed E-state index contributed by atoms with van der Waals surface area (Å²) >= 11 is 0. The number of piperazine rings is 1. The second-order valence-corrected chi connectivity index (χ2v) is 6.49. The summed E-state index contributed by atoms with van der Waals surface area (Å²) < 4.78 is 18.4. The van der Waals surface area contributed by atoms with Crippen molar-refractivity contribution in [3.05, 3.63) is 59.9 Å². The highest BCUT2D eigenvalue weighted by molar-refractivity contribution is 5.53. The van der Waals surface area contributed by atoms with Crippen LogP contribution in [0, 0.1) is 12.7 Å². The second kappa shape index (κ2) is 8.32. The quantitative estimate of drug-likeness (QED) is 0.874. The van der Waals surface area contributed by atoms with Crippen LogP contribution in [0.25, 0.3) is 0 Å². The monoisotopic (exact) mass is 344 g/mol. The van der Waals surface area contributed by atoms with Gasteiger partial charge in [0, 0.05) is 38.4 Å². The van der Waals surface area contributed by atoms with E-state index in [1.807, 2.05) is 0 Å². The number of aryl methyl sites for hydroxylation is 1. The van der Waals surface area contributed by atoms with Gasteiger partial charge in [-0.15, -0.1) is 0 Å². The van der Waals surface area contributed by atoms with Gasteiger partial charge in [0.2, 0.25) is 0 Å². The normalized spacial score (nSPS) is 16.7. The molecule has 3 rings (SSSR count). The van der Waals surface area contributed by atoms with E-state index < -0.39 is 6.10 Å². The molecule has 1 aliphatic rings. The Morgan fingerprint density at radius 2 is 1.72 bits per heavy atom. The van der Waals surface area contributed by atoms with Gasteiger partial charge in [0.1, 0.15) is 24.3 Å². The van der Waals surface area contributed by atoms with Crippen LogP contribution < -0.4 is 9.64 Å². The van der Waals surface area contributed by atoms with E-state index in [1.165, 1.54) is 23.4 Å². The Bertz CT molecular complexity index is 670. The van der Waals surface area contributed by atoms with Crippen molar-refractivity contribution in [2.75, 3.05) is 44.2 Å². The Kier molecular flexibility index (Phi) is 5.89. The molecule has 0 saturated carbocycles.